The number of rotatable bonds is 49. The highest BCUT2D eigenvalue weighted by atomic mass is 31.2. The van der Waals surface area contributed by atoms with E-state index in [2.05, 4.69) is 85.5 Å². The van der Waals surface area contributed by atoms with Crippen LogP contribution in [0, 0.1) is 15.5 Å². The van der Waals surface area contributed by atoms with Gasteiger partial charge in [-0.3, -0.25) is 47.9 Å². The number of carbonyl (C=O) groups excluding carboxylic acids is 7. The highest BCUT2D eigenvalue weighted by Crippen LogP contribution is 2.49. The molecular formula is C82H122N9O38P. The van der Waals surface area contributed by atoms with Crippen LogP contribution in [-0.4, -0.2) is 325 Å². The molecule has 20 N–H and O–H groups in total. The van der Waals surface area contributed by atoms with E-state index in [-0.39, 0.29) is 25.0 Å². The standard InChI is InChI=1S/C82H122N9O38P/c1-39(2)19-18-21-40(3)22-23-42(5)28-31-81(9,10)30-15-14-20-41(4)29-34-117-52(74(109)110)38-119-130(115,116)129-79-67(68(128-80(84)111)82(11,112)69(127-79)70(83)107)126-76-55(87-45(8)95)58(101)65(51(122-76)37-118-77-62(105)59(102)56(99)50(36-93)121-77)124-75-54(86-44(7)94)57(100)64(43(6)120-75)123-78-63(106)60(103)61(104)66(125-78)72-88-71(49(96)26-27-53(97)98)89-90(72)48-25-24-46(91(113)114)35-47(48)73(108)85-32-16-12-13-17-33-92/h15,19,22,24-25,29-30,33,35,43,50-52,54-69,75-79,93,99-106,112H,5,12-14,16-18,20-21,23,26-28,31-32,34,36-38H2,1-4,6-11H3,(H2,83,107)(H2,84,111)(H,85,108)(H,86,94)(H,87,95)(H,97,98)(H,109,110)(H,115,116)/b30-15+,40-22+,41-29+. The third-order valence-corrected chi connectivity index (χ3v) is 22.8. The number of Topliss-reactive ketones (excluding diaryl/α,β-unsaturated/α-hetero) is 1. The van der Waals surface area contributed by atoms with Gasteiger partial charge < -0.3 is 150 Å². The topological polar surface area (TPSA) is 716 Å². The zero-order chi connectivity index (χ0) is 96.7. The summed E-state index contributed by atoms with van der Waals surface area (Å²) in [5.74, 6) is -10.3. The lowest BCUT2D eigenvalue weighted by molar-refractivity contribution is -0.384. The Labute approximate surface area is 747 Å². The number of nitrogens with zero attached hydrogens (tertiary/aromatic N) is 4. The average molecular weight is 1870 g/mol. The molecule has 5 aliphatic heterocycles. The Kier molecular flexibility index (Phi) is 41.0. The number of carbonyl (C=O) groups is 9. The van der Waals surface area contributed by atoms with Crippen LogP contribution in [0.3, 0.4) is 0 Å². The van der Waals surface area contributed by atoms with Gasteiger partial charge in [-0.1, -0.05) is 79.5 Å². The van der Waals surface area contributed by atoms with Gasteiger partial charge >= 0.3 is 25.9 Å². The largest absolute Gasteiger partial charge is 0.481 e. The van der Waals surface area contributed by atoms with E-state index >= 15 is 0 Å². The number of ketones is 1. The SMILES string of the molecule is C=C(C/C=C(\C)CCC=C(C)C)CCC(C)(C)/C=C/CC/C(C)=C/COC(COP(=O)(O)OC1OC(C(N)=O)C(C)(O)C(OC(N)=O)C1OC1OC(COC2OC(CO)C(O)C(O)C2O)C(OC2OC(C)C(OC3OC(c4nc(C(=O)CCC(=O)O)nn4-c4ccc([N+](=O)[O-])cc4C(=O)NCCCCCC=O)C(O)C(O)C3O)C(O)C2NC(C)=O)C(O)C1NC(C)=O)C(=O)O. The molecule has 7 rings (SSSR count). The molecule has 0 radical (unpaired) electrons. The van der Waals surface area contributed by atoms with Crippen LogP contribution in [0.2, 0.25) is 0 Å². The van der Waals surface area contributed by atoms with Crippen molar-refractivity contribution in [2.75, 3.05) is 33.0 Å². The highest BCUT2D eigenvalue weighted by Gasteiger charge is 2.63. The van der Waals surface area contributed by atoms with E-state index < -0.39 is 280 Å². The van der Waals surface area contributed by atoms with Crippen LogP contribution in [0.25, 0.3) is 5.69 Å². The van der Waals surface area contributed by atoms with Gasteiger partial charge in [0, 0.05) is 45.4 Å². The first-order valence-corrected chi connectivity index (χ1v) is 43.5. The van der Waals surface area contributed by atoms with Crippen LogP contribution in [0.15, 0.2) is 77.5 Å². The lowest BCUT2D eigenvalue weighted by Gasteiger charge is -2.52. The number of aromatic nitrogens is 3. The molecule has 48 heteroatoms. The van der Waals surface area contributed by atoms with Crippen molar-refractivity contribution in [2.24, 2.45) is 16.9 Å². The Bertz CT molecular complexity index is 4410. The van der Waals surface area contributed by atoms with Gasteiger partial charge in [-0.25, -0.2) is 23.8 Å². The molecule has 6 heterocycles. The number of hydrogen-bond acceptors (Lipinski definition) is 37. The molecule has 1 aromatic heterocycles. The van der Waals surface area contributed by atoms with Crippen molar-refractivity contribution in [2.45, 2.75) is 312 Å². The molecule has 5 aliphatic rings. The number of aliphatic carboxylic acids is 2. The Morgan fingerprint density at radius 2 is 1.35 bits per heavy atom. The quantitative estimate of drug-likeness (QED) is 0.00796. The van der Waals surface area contributed by atoms with E-state index in [1.54, 1.807) is 13.0 Å². The molecule has 728 valence electrons. The second-order valence-corrected chi connectivity index (χ2v) is 34.8. The number of amides is 5. The monoisotopic (exact) mass is 1870 g/mol. The number of phosphoric acid groups is 1. The van der Waals surface area contributed by atoms with Gasteiger partial charge in [0.2, 0.25) is 29.3 Å². The smallest absolute Gasteiger partial charge is 0.474 e. The van der Waals surface area contributed by atoms with Crippen LogP contribution >= 0.6 is 7.82 Å². The number of carboxylic acids is 2. The number of carboxylic acid groups (broad SMARTS) is 2. The lowest BCUT2D eigenvalue weighted by Crippen LogP contribution is -2.72. The van der Waals surface area contributed by atoms with Crippen LogP contribution in [0.1, 0.15) is 186 Å². The fourth-order valence-corrected chi connectivity index (χ4v) is 15.4. The van der Waals surface area contributed by atoms with Gasteiger partial charge in [0.05, 0.1) is 55.1 Å². The number of aldehydes is 1. The molecule has 5 amide bonds. The predicted molar refractivity (Wildman–Crippen MR) is 445 cm³/mol. The third-order valence-electron chi connectivity index (χ3n) is 21.9. The molecule has 0 spiro atoms. The number of phosphoric ester groups is 1. The first kappa shape index (κ1) is 108. The second-order valence-electron chi connectivity index (χ2n) is 33.4. The molecule has 5 saturated heterocycles. The van der Waals surface area contributed by atoms with Crippen LogP contribution < -0.4 is 27.4 Å². The summed E-state index contributed by atoms with van der Waals surface area (Å²) < 4.78 is 91.1. The first-order chi connectivity index (χ1) is 61.0. The number of nitrogens with one attached hydrogen (secondary N) is 3. The maximum Gasteiger partial charge on any atom is 0.474 e. The van der Waals surface area contributed by atoms with Crippen molar-refractivity contribution in [1.29, 1.82) is 0 Å². The zero-order valence-electron chi connectivity index (χ0n) is 73.5. The molecule has 27 atom stereocenters. The van der Waals surface area contributed by atoms with E-state index in [9.17, 15) is 124 Å². The summed E-state index contributed by atoms with van der Waals surface area (Å²) in [6.07, 6.45) is -36.5. The molecule has 0 saturated carbocycles. The van der Waals surface area contributed by atoms with Crippen LogP contribution in [-0.2, 0) is 94.5 Å². The van der Waals surface area contributed by atoms with Crippen molar-refractivity contribution in [3.8, 4) is 5.69 Å². The molecule has 5 fully saturated rings. The average Bonchev–Trinajstić information content (AvgIpc) is 1.25. The minimum Gasteiger partial charge on any atom is -0.481 e. The summed E-state index contributed by atoms with van der Waals surface area (Å²) >= 11 is 0. The van der Waals surface area contributed by atoms with Crippen molar-refractivity contribution >= 4 is 67.2 Å². The summed E-state index contributed by atoms with van der Waals surface area (Å²) in [6.45, 7) is 16.4. The fourth-order valence-electron chi connectivity index (χ4n) is 14.6. The minimum atomic E-state index is -5.91. The van der Waals surface area contributed by atoms with Crippen molar-refractivity contribution in [1.82, 2.24) is 30.7 Å². The Balaban J connectivity index is 1.17. The van der Waals surface area contributed by atoms with Crippen LogP contribution in [0.5, 0.6) is 0 Å². The maximum absolute atomic E-state index is 14.2. The van der Waals surface area contributed by atoms with Gasteiger partial charge in [0.25, 0.3) is 11.6 Å². The van der Waals surface area contributed by atoms with Crippen molar-refractivity contribution < 1.29 is 180 Å². The van der Waals surface area contributed by atoms with Gasteiger partial charge in [-0.2, -0.15) is 0 Å². The van der Waals surface area contributed by atoms with Crippen molar-refractivity contribution in [3.63, 3.8) is 0 Å². The molecule has 130 heavy (non-hydrogen) atoms. The molecule has 1 aromatic carbocycles. The summed E-state index contributed by atoms with van der Waals surface area (Å²) in [6, 6.07) is -1.45. The molecule has 2 aromatic rings. The summed E-state index contributed by atoms with van der Waals surface area (Å²) in [7, 11) is -5.91. The van der Waals surface area contributed by atoms with Gasteiger partial charge in [-0.15, -0.1) is 5.10 Å². The number of ether oxygens (including phenoxy) is 11. The first-order valence-electron chi connectivity index (χ1n) is 42.0. The number of hydrogen-bond donors (Lipinski definition) is 18. The number of allylic oxidation sites excluding steroid dienone is 8. The van der Waals surface area contributed by atoms with E-state index in [0.29, 0.717) is 43.1 Å². The molecule has 27 unspecified atom stereocenters. The number of aliphatic hydroxyl groups is 10. The van der Waals surface area contributed by atoms with Crippen LogP contribution in [0.4, 0.5) is 10.5 Å². The van der Waals surface area contributed by atoms with E-state index in [1.807, 2.05) is 6.08 Å². The molecule has 47 nitrogen and oxygen atoms in total. The number of non-ortho nitro benzene ring substituents is 1. The summed E-state index contributed by atoms with van der Waals surface area (Å²) in [5.41, 5.74) is 10.9. The number of unbranched alkanes of at least 4 members (excludes halogenated alkanes) is 3. The zero-order valence-corrected chi connectivity index (χ0v) is 74.4. The normalized spacial score (nSPS) is 31.0. The number of aliphatic hydroxyl groups excluding tert-OH is 9. The van der Waals surface area contributed by atoms with E-state index in [4.69, 9.17) is 72.6 Å². The minimum absolute atomic E-state index is 0.0361. The van der Waals surface area contributed by atoms with E-state index in [1.165, 1.54) is 18.1 Å². The fraction of sp³-hybridized carbons (Fsp3) is 0.671. The lowest BCUT2D eigenvalue weighted by atomic mass is 9.85. The molecule has 0 bridgehead atoms. The van der Waals surface area contributed by atoms with Crippen molar-refractivity contribution in [3.05, 3.63) is 105 Å². The highest BCUT2D eigenvalue weighted by molar-refractivity contribution is 7.47. The third kappa shape index (κ3) is 30.4. The number of nitro groups is 1. The number of nitrogens with two attached hydrogens (primary N) is 2. The predicted octanol–water partition coefficient (Wildman–Crippen LogP) is 0.122. The Morgan fingerprint density at radius 1 is 0.731 bits per heavy atom. The van der Waals surface area contributed by atoms with E-state index in [0.717, 1.165) is 82.2 Å². The Morgan fingerprint density at radius 3 is 1.96 bits per heavy atom. The number of nitro benzene ring substituents is 1. The molecular weight excluding hydrogens is 1750 g/mol. The summed E-state index contributed by atoms with van der Waals surface area (Å²) in [5, 5.41) is 159. The number of primary amides is 2. The summed E-state index contributed by atoms with van der Waals surface area (Å²) in [4.78, 5) is 143. The molecule has 0 aliphatic carbocycles. The van der Waals surface area contributed by atoms with Gasteiger partial charge in [0.15, 0.2) is 61.7 Å². The second kappa shape index (κ2) is 49.3. The maximum atomic E-state index is 14.2. The Hall–Kier alpha value is -8.80. The van der Waals surface area contributed by atoms with Gasteiger partial charge in [-0.05, 0) is 111 Å². The number of benzene rings is 1. The van der Waals surface area contributed by atoms with Gasteiger partial charge in [0.1, 0.15) is 103 Å².